The Balaban J connectivity index is 1.76. The van der Waals surface area contributed by atoms with E-state index in [0.717, 1.165) is 21.3 Å². The Labute approximate surface area is 194 Å². The van der Waals surface area contributed by atoms with E-state index < -0.39 is 5.97 Å². The Kier molecular flexibility index (Phi) is 7.51. The standard InChI is InChI=1S/C20H14Br2Cl2N2O3/c21-14-9-16(22)25-15(6-3-11-1-4-13(5-2-11)20(27)28)19(14)29-10-12-7-17(23)26-18(24)8-12/h1-2,4-5,7-9H,3,6,10H2,(H,27,28). The van der Waals surface area contributed by atoms with Gasteiger partial charge in [-0.05, 0) is 86.2 Å². The SMILES string of the molecule is O=C(O)c1ccc(CCc2nc(Br)cc(Br)c2OCc2cc(Cl)nc(Cl)c2)cc1. The Bertz CT molecular complexity index is 1030. The molecule has 0 radical (unpaired) electrons. The molecule has 2 aromatic heterocycles. The van der Waals surface area contributed by atoms with Crippen LogP contribution in [-0.2, 0) is 19.4 Å². The molecule has 2 heterocycles. The third-order valence-corrected chi connectivity index (χ3v) is 5.41. The van der Waals surface area contributed by atoms with Gasteiger partial charge in [-0.2, -0.15) is 0 Å². The van der Waals surface area contributed by atoms with Crippen LogP contribution in [-0.4, -0.2) is 21.0 Å². The predicted octanol–water partition coefficient (Wildman–Crippen LogP) is 6.37. The van der Waals surface area contributed by atoms with Crippen LogP contribution >= 0.6 is 55.1 Å². The molecule has 150 valence electrons. The molecule has 0 bridgehead atoms. The lowest BCUT2D eigenvalue weighted by atomic mass is 10.1. The molecule has 0 unspecified atom stereocenters. The molecule has 0 fully saturated rings. The average Bonchev–Trinajstić information content (AvgIpc) is 2.65. The van der Waals surface area contributed by atoms with E-state index in [2.05, 4.69) is 41.8 Å². The minimum Gasteiger partial charge on any atom is -0.486 e. The number of nitrogens with zero attached hydrogens (tertiary/aromatic N) is 2. The molecule has 0 aliphatic heterocycles. The molecule has 0 aliphatic rings. The fraction of sp³-hybridized carbons (Fsp3) is 0.150. The quantitative estimate of drug-likeness (QED) is 0.340. The monoisotopic (exact) mass is 558 g/mol. The zero-order valence-electron chi connectivity index (χ0n) is 14.8. The first-order chi connectivity index (χ1) is 13.8. The summed E-state index contributed by atoms with van der Waals surface area (Å²) < 4.78 is 7.45. The number of aromatic carboxylic acids is 1. The van der Waals surface area contributed by atoms with E-state index >= 15 is 0 Å². The Hall–Kier alpha value is -1.67. The summed E-state index contributed by atoms with van der Waals surface area (Å²) in [6.07, 6.45) is 1.29. The van der Waals surface area contributed by atoms with E-state index in [0.29, 0.717) is 33.5 Å². The molecule has 0 aliphatic carbocycles. The van der Waals surface area contributed by atoms with Crippen molar-refractivity contribution in [1.82, 2.24) is 9.97 Å². The number of halogens is 4. The van der Waals surface area contributed by atoms with Gasteiger partial charge in [-0.25, -0.2) is 14.8 Å². The van der Waals surface area contributed by atoms with Gasteiger partial charge in [0.25, 0.3) is 0 Å². The van der Waals surface area contributed by atoms with Crippen molar-refractivity contribution in [2.75, 3.05) is 0 Å². The number of pyridine rings is 2. The minimum absolute atomic E-state index is 0.254. The molecular formula is C20H14Br2Cl2N2O3. The highest BCUT2D eigenvalue weighted by Crippen LogP contribution is 2.32. The topological polar surface area (TPSA) is 72.3 Å². The van der Waals surface area contributed by atoms with Gasteiger partial charge in [0, 0.05) is 0 Å². The van der Waals surface area contributed by atoms with Crippen molar-refractivity contribution in [1.29, 1.82) is 0 Å². The summed E-state index contributed by atoms with van der Waals surface area (Å²) in [5.41, 5.74) is 2.82. The van der Waals surface area contributed by atoms with Crippen LogP contribution in [0.1, 0.15) is 27.2 Å². The number of aryl methyl sites for hydroxylation is 2. The molecule has 0 saturated heterocycles. The van der Waals surface area contributed by atoms with Crippen LogP contribution in [0.5, 0.6) is 5.75 Å². The average molecular weight is 561 g/mol. The maximum Gasteiger partial charge on any atom is 0.335 e. The van der Waals surface area contributed by atoms with Gasteiger partial charge < -0.3 is 9.84 Å². The normalized spacial score (nSPS) is 10.8. The maximum absolute atomic E-state index is 11.0. The Morgan fingerprint density at radius 3 is 2.24 bits per heavy atom. The Morgan fingerprint density at radius 2 is 1.62 bits per heavy atom. The predicted molar refractivity (Wildman–Crippen MR) is 119 cm³/mol. The largest absolute Gasteiger partial charge is 0.486 e. The van der Waals surface area contributed by atoms with Gasteiger partial charge in [0.1, 0.15) is 21.5 Å². The summed E-state index contributed by atoms with van der Waals surface area (Å²) in [4.78, 5) is 19.5. The zero-order valence-corrected chi connectivity index (χ0v) is 19.5. The minimum atomic E-state index is -0.943. The molecule has 0 atom stereocenters. The highest BCUT2D eigenvalue weighted by atomic mass is 79.9. The van der Waals surface area contributed by atoms with Gasteiger partial charge >= 0.3 is 5.97 Å². The van der Waals surface area contributed by atoms with Gasteiger partial charge in [-0.1, -0.05) is 35.3 Å². The molecule has 0 spiro atoms. The lowest BCUT2D eigenvalue weighted by Crippen LogP contribution is -2.04. The van der Waals surface area contributed by atoms with Crippen molar-refractivity contribution in [3.8, 4) is 5.75 Å². The summed E-state index contributed by atoms with van der Waals surface area (Å²) in [5, 5.41) is 9.61. The van der Waals surface area contributed by atoms with Gasteiger partial charge in [0.05, 0.1) is 15.7 Å². The summed E-state index contributed by atoms with van der Waals surface area (Å²) in [5.74, 6) is -0.319. The number of carboxylic acids is 1. The van der Waals surface area contributed by atoms with Crippen LogP contribution in [0, 0.1) is 0 Å². The summed E-state index contributed by atoms with van der Waals surface area (Å²) in [7, 11) is 0. The van der Waals surface area contributed by atoms with Crippen molar-refractivity contribution < 1.29 is 14.6 Å². The number of carbonyl (C=O) groups is 1. The lowest BCUT2D eigenvalue weighted by molar-refractivity contribution is 0.0697. The smallest absolute Gasteiger partial charge is 0.335 e. The van der Waals surface area contributed by atoms with Crippen LogP contribution < -0.4 is 4.74 Å². The number of hydrogen-bond acceptors (Lipinski definition) is 4. The van der Waals surface area contributed by atoms with Crippen molar-refractivity contribution in [2.45, 2.75) is 19.4 Å². The number of rotatable bonds is 7. The number of ether oxygens (including phenoxy) is 1. The molecule has 5 nitrogen and oxygen atoms in total. The summed E-state index contributed by atoms with van der Waals surface area (Å²) in [6, 6.07) is 12.0. The first-order valence-electron chi connectivity index (χ1n) is 8.43. The molecule has 3 rings (SSSR count). The Morgan fingerprint density at radius 1 is 0.966 bits per heavy atom. The second-order valence-corrected chi connectivity index (χ2v) is 8.56. The van der Waals surface area contributed by atoms with Crippen LogP contribution in [0.25, 0.3) is 0 Å². The molecule has 3 aromatic rings. The van der Waals surface area contributed by atoms with Gasteiger partial charge in [-0.15, -0.1) is 0 Å². The van der Waals surface area contributed by atoms with Gasteiger partial charge in [0.2, 0.25) is 0 Å². The van der Waals surface area contributed by atoms with E-state index in [1.165, 1.54) is 0 Å². The second kappa shape index (κ2) is 9.89. The van der Waals surface area contributed by atoms with Crippen molar-refractivity contribution in [3.05, 3.63) is 84.2 Å². The van der Waals surface area contributed by atoms with E-state index in [9.17, 15) is 4.79 Å². The van der Waals surface area contributed by atoms with Crippen molar-refractivity contribution in [3.63, 3.8) is 0 Å². The van der Waals surface area contributed by atoms with E-state index in [-0.39, 0.29) is 12.2 Å². The van der Waals surface area contributed by atoms with Crippen LogP contribution in [0.2, 0.25) is 10.3 Å². The van der Waals surface area contributed by atoms with Gasteiger partial charge in [-0.3, -0.25) is 0 Å². The highest BCUT2D eigenvalue weighted by molar-refractivity contribution is 9.11. The molecule has 9 heteroatoms. The van der Waals surface area contributed by atoms with E-state index in [4.69, 9.17) is 33.0 Å². The lowest BCUT2D eigenvalue weighted by Gasteiger charge is -2.14. The van der Waals surface area contributed by atoms with Gasteiger partial charge in [0.15, 0.2) is 5.75 Å². The van der Waals surface area contributed by atoms with E-state index in [1.807, 2.05) is 6.07 Å². The first-order valence-corrected chi connectivity index (χ1v) is 10.8. The van der Waals surface area contributed by atoms with Crippen LogP contribution in [0.4, 0.5) is 0 Å². The fourth-order valence-corrected chi connectivity index (χ4v) is 4.49. The highest BCUT2D eigenvalue weighted by Gasteiger charge is 2.13. The molecule has 1 N–H and O–H groups in total. The molecule has 29 heavy (non-hydrogen) atoms. The molecule has 0 saturated carbocycles. The number of aromatic nitrogens is 2. The third-order valence-electron chi connectivity index (χ3n) is 4.02. The fourth-order valence-electron chi connectivity index (χ4n) is 2.67. The second-order valence-electron chi connectivity index (χ2n) is 6.11. The number of hydrogen-bond donors (Lipinski definition) is 1. The first kappa shape index (κ1) is 22.0. The molecule has 1 aromatic carbocycles. The molecule has 0 amide bonds. The summed E-state index contributed by atoms with van der Waals surface area (Å²) >= 11 is 18.8. The maximum atomic E-state index is 11.0. The van der Waals surface area contributed by atoms with Crippen molar-refractivity contribution >= 4 is 61.0 Å². The van der Waals surface area contributed by atoms with Crippen molar-refractivity contribution in [2.24, 2.45) is 0 Å². The van der Waals surface area contributed by atoms with Crippen LogP contribution in [0.3, 0.4) is 0 Å². The number of benzene rings is 1. The number of carboxylic acid groups (broad SMARTS) is 1. The molecular weight excluding hydrogens is 547 g/mol. The third kappa shape index (κ3) is 6.15. The zero-order chi connectivity index (χ0) is 21.0. The van der Waals surface area contributed by atoms with E-state index in [1.54, 1.807) is 36.4 Å². The van der Waals surface area contributed by atoms with Crippen LogP contribution in [0.15, 0.2) is 51.5 Å². The summed E-state index contributed by atoms with van der Waals surface area (Å²) in [6.45, 7) is 0.254.